The number of nitrogens with zero attached hydrogens (tertiary/aromatic N) is 3. The number of ether oxygens (including phenoxy) is 2. The van der Waals surface area contributed by atoms with Crippen LogP contribution in [0.25, 0.3) is 17.1 Å². The Morgan fingerprint density at radius 2 is 1.69 bits per heavy atom. The van der Waals surface area contributed by atoms with E-state index in [2.05, 4.69) is 15.5 Å². The minimum Gasteiger partial charge on any atom is -0.495 e. The molecule has 1 heterocycles. The Morgan fingerprint density at radius 1 is 0.971 bits per heavy atom. The lowest BCUT2D eigenvalue weighted by Crippen LogP contribution is -2.22. The number of hydrogen-bond donors (Lipinski definition) is 1. The molecular formula is C26H24N4O4S. The van der Waals surface area contributed by atoms with E-state index in [9.17, 15) is 9.59 Å². The van der Waals surface area contributed by atoms with Crippen LogP contribution in [0.5, 0.6) is 5.75 Å². The molecular weight excluding hydrogens is 464 g/mol. The van der Waals surface area contributed by atoms with E-state index in [0.29, 0.717) is 22.4 Å². The third kappa shape index (κ3) is 6.07. The summed E-state index contributed by atoms with van der Waals surface area (Å²) >= 11 is 1.19. The summed E-state index contributed by atoms with van der Waals surface area (Å²) in [5.74, 6) is 0.177. The van der Waals surface area contributed by atoms with Crippen molar-refractivity contribution < 1.29 is 19.1 Å². The normalized spacial score (nSPS) is 10.6. The summed E-state index contributed by atoms with van der Waals surface area (Å²) in [5, 5.41) is 11.9. The summed E-state index contributed by atoms with van der Waals surface area (Å²) in [6, 6.07) is 24.8. The van der Waals surface area contributed by atoms with Crippen molar-refractivity contribution in [1.82, 2.24) is 14.8 Å². The molecule has 1 aromatic heterocycles. The third-order valence-corrected chi connectivity index (χ3v) is 5.89. The van der Waals surface area contributed by atoms with Gasteiger partial charge in [0.2, 0.25) is 0 Å². The van der Waals surface area contributed by atoms with E-state index >= 15 is 0 Å². The topological polar surface area (TPSA) is 95.3 Å². The van der Waals surface area contributed by atoms with E-state index in [4.69, 9.17) is 9.47 Å². The molecule has 0 saturated carbocycles. The van der Waals surface area contributed by atoms with E-state index in [-0.39, 0.29) is 5.75 Å². The maximum absolute atomic E-state index is 12.4. The van der Waals surface area contributed by atoms with Gasteiger partial charge in [-0.3, -0.25) is 14.2 Å². The molecule has 4 aromatic rings. The van der Waals surface area contributed by atoms with Crippen LogP contribution in [-0.4, -0.2) is 46.1 Å². The second kappa shape index (κ2) is 11.3. The van der Waals surface area contributed by atoms with Crippen molar-refractivity contribution in [2.75, 3.05) is 24.8 Å². The summed E-state index contributed by atoms with van der Waals surface area (Å²) in [4.78, 5) is 24.7. The van der Waals surface area contributed by atoms with Gasteiger partial charge >= 0.3 is 5.97 Å². The SMILES string of the molecule is COc1ccc(C)cc1NC(=O)COC(=O)CSc1nnc(-c2ccccc2)n1-c1ccccc1. The molecule has 9 heteroatoms. The van der Waals surface area contributed by atoms with Gasteiger partial charge in [0.15, 0.2) is 17.6 Å². The zero-order chi connectivity index (χ0) is 24.6. The minimum absolute atomic E-state index is 0.0270. The molecule has 1 N–H and O–H groups in total. The number of carbonyl (C=O) groups excluding carboxylic acids is 2. The fraction of sp³-hybridized carbons (Fsp3) is 0.154. The predicted octanol–water partition coefficient (Wildman–Crippen LogP) is 4.53. The Kier molecular flexibility index (Phi) is 7.79. The maximum atomic E-state index is 12.4. The van der Waals surface area contributed by atoms with Crippen LogP contribution in [-0.2, 0) is 14.3 Å². The molecule has 35 heavy (non-hydrogen) atoms. The summed E-state index contributed by atoms with van der Waals surface area (Å²) in [6.07, 6.45) is 0. The molecule has 178 valence electrons. The summed E-state index contributed by atoms with van der Waals surface area (Å²) in [7, 11) is 1.52. The van der Waals surface area contributed by atoms with E-state index < -0.39 is 18.5 Å². The van der Waals surface area contributed by atoms with E-state index in [1.165, 1.54) is 18.9 Å². The maximum Gasteiger partial charge on any atom is 0.316 e. The van der Waals surface area contributed by atoms with Gasteiger partial charge in [0.25, 0.3) is 5.91 Å². The van der Waals surface area contributed by atoms with Gasteiger partial charge in [-0.05, 0) is 36.8 Å². The van der Waals surface area contributed by atoms with Crippen LogP contribution in [0.1, 0.15) is 5.56 Å². The van der Waals surface area contributed by atoms with Gasteiger partial charge in [-0.25, -0.2) is 0 Å². The van der Waals surface area contributed by atoms with Crippen LogP contribution >= 0.6 is 11.8 Å². The zero-order valence-corrected chi connectivity index (χ0v) is 20.1. The number of para-hydroxylation sites is 1. The molecule has 0 unspecified atom stereocenters. The van der Waals surface area contributed by atoms with E-state index in [0.717, 1.165) is 16.8 Å². The number of methoxy groups -OCH3 is 1. The Bertz CT molecular complexity index is 1310. The number of amides is 1. The van der Waals surface area contributed by atoms with Gasteiger partial charge in [-0.15, -0.1) is 10.2 Å². The first-order valence-corrected chi connectivity index (χ1v) is 11.8. The van der Waals surface area contributed by atoms with Crippen molar-refractivity contribution in [3.63, 3.8) is 0 Å². The first-order valence-electron chi connectivity index (χ1n) is 10.8. The number of aromatic nitrogens is 3. The second-order valence-corrected chi connectivity index (χ2v) is 8.49. The highest BCUT2D eigenvalue weighted by molar-refractivity contribution is 7.99. The average Bonchev–Trinajstić information content (AvgIpc) is 3.31. The molecule has 0 bridgehead atoms. The van der Waals surface area contributed by atoms with Crippen molar-refractivity contribution in [2.24, 2.45) is 0 Å². The number of rotatable bonds is 9. The smallest absolute Gasteiger partial charge is 0.316 e. The van der Waals surface area contributed by atoms with Crippen molar-refractivity contribution in [3.05, 3.63) is 84.4 Å². The third-order valence-electron chi connectivity index (χ3n) is 4.99. The quantitative estimate of drug-likeness (QED) is 0.273. The lowest BCUT2D eigenvalue weighted by molar-refractivity contribution is -0.144. The molecule has 0 aliphatic rings. The molecule has 1 amide bonds. The fourth-order valence-electron chi connectivity index (χ4n) is 3.36. The number of anilines is 1. The van der Waals surface area contributed by atoms with E-state index in [1.807, 2.05) is 78.2 Å². The molecule has 0 aliphatic heterocycles. The molecule has 0 atom stereocenters. The number of aryl methyl sites for hydroxylation is 1. The van der Waals surface area contributed by atoms with Crippen LogP contribution in [0.4, 0.5) is 5.69 Å². The van der Waals surface area contributed by atoms with Crippen LogP contribution in [0.15, 0.2) is 84.0 Å². The van der Waals surface area contributed by atoms with Crippen molar-refractivity contribution in [2.45, 2.75) is 12.1 Å². The van der Waals surface area contributed by atoms with Crippen molar-refractivity contribution in [1.29, 1.82) is 0 Å². The van der Waals surface area contributed by atoms with Gasteiger partial charge in [0.05, 0.1) is 18.6 Å². The van der Waals surface area contributed by atoms with Crippen molar-refractivity contribution >= 4 is 29.3 Å². The minimum atomic E-state index is -0.537. The lowest BCUT2D eigenvalue weighted by Gasteiger charge is -2.11. The van der Waals surface area contributed by atoms with Crippen LogP contribution < -0.4 is 10.1 Å². The zero-order valence-electron chi connectivity index (χ0n) is 19.3. The van der Waals surface area contributed by atoms with Gasteiger partial charge in [0, 0.05) is 11.3 Å². The average molecular weight is 489 g/mol. The predicted molar refractivity (Wildman–Crippen MR) is 135 cm³/mol. The van der Waals surface area contributed by atoms with Gasteiger partial charge in [-0.1, -0.05) is 66.4 Å². The van der Waals surface area contributed by atoms with Crippen LogP contribution in [0, 0.1) is 6.92 Å². The van der Waals surface area contributed by atoms with Gasteiger partial charge in [-0.2, -0.15) is 0 Å². The monoisotopic (exact) mass is 488 g/mol. The number of thioether (sulfide) groups is 1. The number of benzene rings is 3. The number of nitrogens with one attached hydrogen (secondary N) is 1. The summed E-state index contributed by atoms with van der Waals surface area (Å²) in [6.45, 7) is 1.50. The molecule has 0 saturated heterocycles. The first kappa shape index (κ1) is 24.0. The van der Waals surface area contributed by atoms with Gasteiger partial charge in [0.1, 0.15) is 5.75 Å². The highest BCUT2D eigenvalue weighted by atomic mass is 32.2. The first-order chi connectivity index (χ1) is 17.0. The number of hydrogen-bond acceptors (Lipinski definition) is 7. The Hall–Kier alpha value is -4.11. The van der Waals surface area contributed by atoms with Crippen LogP contribution in [0.3, 0.4) is 0 Å². The number of esters is 1. The fourth-order valence-corrected chi connectivity index (χ4v) is 4.11. The Balaban J connectivity index is 1.40. The molecule has 8 nitrogen and oxygen atoms in total. The largest absolute Gasteiger partial charge is 0.495 e. The highest BCUT2D eigenvalue weighted by Gasteiger charge is 2.18. The summed E-state index contributed by atoms with van der Waals surface area (Å²) < 4.78 is 12.3. The number of carbonyl (C=O) groups is 2. The Morgan fingerprint density at radius 3 is 2.40 bits per heavy atom. The molecule has 0 aliphatic carbocycles. The molecule has 4 rings (SSSR count). The summed E-state index contributed by atoms with van der Waals surface area (Å²) in [5.41, 5.74) is 3.26. The van der Waals surface area contributed by atoms with Crippen molar-refractivity contribution in [3.8, 4) is 22.8 Å². The molecule has 3 aromatic carbocycles. The lowest BCUT2D eigenvalue weighted by atomic mass is 10.2. The van der Waals surface area contributed by atoms with E-state index in [1.54, 1.807) is 12.1 Å². The highest BCUT2D eigenvalue weighted by Crippen LogP contribution is 2.28. The van der Waals surface area contributed by atoms with Gasteiger partial charge < -0.3 is 14.8 Å². The van der Waals surface area contributed by atoms with Crippen LogP contribution in [0.2, 0.25) is 0 Å². The molecule has 0 fully saturated rings. The standard InChI is InChI=1S/C26H24N4O4S/c1-18-13-14-22(33-2)21(15-18)27-23(31)16-34-24(32)17-35-26-29-28-25(19-9-5-3-6-10-19)30(26)20-11-7-4-8-12-20/h3-15H,16-17H2,1-2H3,(H,27,31). The molecule has 0 spiro atoms. The Labute approximate surface area is 207 Å². The second-order valence-electron chi connectivity index (χ2n) is 7.54. The molecule has 0 radical (unpaired) electrons.